The predicted molar refractivity (Wildman–Crippen MR) is 66.5 cm³/mol. The van der Waals surface area contributed by atoms with E-state index in [0.717, 1.165) is 26.1 Å². The molecule has 1 aliphatic rings. The summed E-state index contributed by atoms with van der Waals surface area (Å²) in [4.78, 5) is 13.7. The van der Waals surface area contributed by atoms with Crippen molar-refractivity contribution in [3.63, 3.8) is 0 Å². The zero-order valence-corrected chi connectivity index (χ0v) is 10.4. The van der Waals surface area contributed by atoms with Gasteiger partial charge in [-0.15, -0.1) is 0 Å². The van der Waals surface area contributed by atoms with Crippen LogP contribution in [0.3, 0.4) is 0 Å². The van der Waals surface area contributed by atoms with Gasteiger partial charge in [0, 0.05) is 19.6 Å². The van der Waals surface area contributed by atoms with Gasteiger partial charge in [0.1, 0.15) is 0 Å². The Morgan fingerprint density at radius 1 is 1.19 bits per heavy atom. The average Bonchev–Trinajstić information content (AvgIpc) is 2.33. The van der Waals surface area contributed by atoms with E-state index in [0.29, 0.717) is 6.54 Å². The lowest BCUT2D eigenvalue weighted by atomic mass is 10.1. The van der Waals surface area contributed by atoms with Crippen LogP contribution in [-0.4, -0.2) is 50.1 Å². The lowest BCUT2D eigenvalue weighted by Crippen LogP contribution is -2.39. The van der Waals surface area contributed by atoms with Crippen LogP contribution in [-0.2, 0) is 4.79 Å². The molecule has 0 unspecified atom stereocenters. The summed E-state index contributed by atoms with van der Waals surface area (Å²) in [5.74, 6) is 0.112. The van der Waals surface area contributed by atoms with Crippen LogP contribution in [0.4, 0.5) is 0 Å². The fraction of sp³-hybridized carbons (Fsp3) is 0.917. The molecule has 94 valence electrons. The maximum Gasteiger partial charge on any atom is 0.233 e. The summed E-state index contributed by atoms with van der Waals surface area (Å²) in [6.07, 6.45) is 5.04. The molecule has 1 aliphatic heterocycles. The Balaban J connectivity index is 1.92. The third kappa shape index (κ3) is 6.08. The van der Waals surface area contributed by atoms with Crippen molar-refractivity contribution in [3.05, 3.63) is 0 Å². The molecule has 16 heavy (non-hydrogen) atoms. The van der Waals surface area contributed by atoms with E-state index in [-0.39, 0.29) is 5.91 Å². The van der Waals surface area contributed by atoms with Crippen molar-refractivity contribution in [1.82, 2.24) is 15.5 Å². The van der Waals surface area contributed by atoms with Crippen molar-refractivity contribution in [2.45, 2.75) is 32.6 Å². The highest BCUT2D eigenvalue weighted by atomic mass is 16.1. The van der Waals surface area contributed by atoms with Crippen LogP contribution in [0.5, 0.6) is 0 Å². The Kier molecular flexibility index (Phi) is 7.17. The first-order valence-corrected chi connectivity index (χ1v) is 6.52. The minimum Gasteiger partial charge on any atom is -0.355 e. The molecular weight excluding hydrogens is 202 g/mol. The first kappa shape index (κ1) is 13.5. The molecule has 0 atom stereocenters. The lowest BCUT2D eigenvalue weighted by molar-refractivity contribution is -0.120. The largest absolute Gasteiger partial charge is 0.355 e. The number of carbonyl (C=O) groups excluding carboxylic acids is 1. The van der Waals surface area contributed by atoms with Crippen LogP contribution in [0.25, 0.3) is 0 Å². The quantitative estimate of drug-likeness (QED) is 0.626. The molecule has 0 aromatic heterocycles. The number of piperidine rings is 1. The summed E-state index contributed by atoms with van der Waals surface area (Å²) in [5.41, 5.74) is 0. The van der Waals surface area contributed by atoms with E-state index in [4.69, 9.17) is 0 Å². The molecule has 0 saturated carbocycles. The van der Waals surface area contributed by atoms with Gasteiger partial charge < -0.3 is 15.5 Å². The Morgan fingerprint density at radius 2 is 1.94 bits per heavy atom. The second-order valence-corrected chi connectivity index (χ2v) is 4.43. The monoisotopic (exact) mass is 227 g/mol. The van der Waals surface area contributed by atoms with Gasteiger partial charge in [-0.3, -0.25) is 4.79 Å². The Labute approximate surface area is 98.8 Å². The van der Waals surface area contributed by atoms with Crippen molar-refractivity contribution in [1.29, 1.82) is 0 Å². The summed E-state index contributed by atoms with van der Waals surface area (Å²) in [6.45, 7) is 7.73. The molecule has 0 aromatic rings. The summed E-state index contributed by atoms with van der Waals surface area (Å²) >= 11 is 0. The SMILES string of the molecule is CCCNC(=O)CNCCN1CCCCC1. The molecule has 1 saturated heterocycles. The second-order valence-electron chi connectivity index (χ2n) is 4.43. The average molecular weight is 227 g/mol. The van der Waals surface area contributed by atoms with Gasteiger partial charge in [-0.2, -0.15) is 0 Å². The minimum atomic E-state index is 0.112. The number of nitrogens with zero attached hydrogens (tertiary/aromatic N) is 1. The highest BCUT2D eigenvalue weighted by Gasteiger charge is 2.08. The van der Waals surface area contributed by atoms with Gasteiger partial charge in [-0.25, -0.2) is 0 Å². The Morgan fingerprint density at radius 3 is 2.62 bits per heavy atom. The lowest BCUT2D eigenvalue weighted by Gasteiger charge is -2.26. The molecule has 1 heterocycles. The molecule has 0 radical (unpaired) electrons. The van der Waals surface area contributed by atoms with E-state index in [9.17, 15) is 4.79 Å². The van der Waals surface area contributed by atoms with Gasteiger partial charge in [-0.05, 0) is 32.4 Å². The Bertz CT molecular complexity index is 191. The first-order valence-electron chi connectivity index (χ1n) is 6.52. The number of amides is 1. The Hall–Kier alpha value is -0.610. The fourth-order valence-electron chi connectivity index (χ4n) is 1.95. The summed E-state index contributed by atoms with van der Waals surface area (Å²) in [5, 5.41) is 6.04. The number of rotatable bonds is 7. The van der Waals surface area contributed by atoms with Crippen molar-refractivity contribution >= 4 is 5.91 Å². The molecular formula is C12H25N3O. The van der Waals surface area contributed by atoms with E-state index in [1.54, 1.807) is 0 Å². The zero-order valence-electron chi connectivity index (χ0n) is 10.4. The predicted octanol–water partition coefficient (Wildman–Crippen LogP) is 0.588. The molecule has 1 amide bonds. The van der Waals surface area contributed by atoms with Crippen LogP contribution < -0.4 is 10.6 Å². The van der Waals surface area contributed by atoms with Crippen molar-refractivity contribution < 1.29 is 4.79 Å². The van der Waals surface area contributed by atoms with Gasteiger partial charge >= 0.3 is 0 Å². The third-order valence-corrected chi connectivity index (χ3v) is 2.91. The van der Waals surface area contributed by atoms with Crippen LogP contribution in [0.1, 0.15) is 32.6 Å². The van der Waals surface area contributed by atoms with Gasteiger partial charge in [-0.1, -0.05) is 13.3 Å². The molecule has 4 heteroatoms. The third-order valence-electron chi connectivity index (χ3n) is 2.91. The molecule has 0 aromatic carbocycles. The standard InChI is InChI=1S/C12H25N3O/c1-2-6-14-12(16)11-13-7-10-15-8-4-3-5-9-15/h13H,2-11H2,1H3,(H,14,16). The topological polar surface area (TPSA) is 44.4 Å². The fourth-order valence-corrected chi connectivity index (χ4v) is 1.95. The van der Waals surface area contributed by atoms with E-state index in [1.165, 1.54) is 32.4 Å². The molecule has 2 N–H and O–H groups in total. The first-order chi connectivity index (χ1) is 7.83. The highest BCUT2D eigenvalue weighted by molar-refractivity contribution is 5.77. The van der Waals surface area contributed by atoms with Crippen LogP contribution in [0.2, 0.25) is 0 Å². The maximum atomic E-state index is 11.3. The summed E-state index contributed by atoms with van der Waals surface area (Å²) in [7, 11) is 0. The molecule has 1 rings (SSSR count). The number of carbonyl (C=O) groups is 1. The summed E-state index contributed by atoms with van der Waals surface area (Å²) in [6, 6.07) is 0. The van der Waals surface area contributed by atoms with E-state index in [1.807, 2.05) is 0 Å². The summed E-state index contributed by atoms with van der Waals surface area (Å²) < 4.78 is 0. The number of hydrogen-bond acceptors (Lipinski definition) is 3. The number of nitrogens with one attached hydrogen (secondary N) is 2. The van der Waals surface area contributed by atoms with Crippen molar-refractivity contribution in [3.8, 4) is 0 Å². The van der Waals surface area contributed by atoms with Crippen LogP contribution in [0, 0.1) is 0 Å². The second kappa shape index (κ2) is 8.53. The maximum absolute atomic E-state index is 11.3. The van der Waals surface area contributed by atoms with Crippen molar-refractivity contribution in [2.24, 2.45) is 0 Å². The van der Waals surface area contributed by atoms with Gasteiger partial charge in [0.15, 0.2) is 0 Å². The smallest absolute Gasteiger partial charge is 0.233 e. The molecule has 4 nitrogen and oxygen atoms in total. The molecule has 0 spiro atoms. The van der Waals surface area contributed by atoms with E-state index >= 15 is 0 Å². The number of hydrogen-bond donors (Lipinski definition) is 2. The van der Waals surface area contributed by atoms with Gasteiger partial charge in [0.05, 0.1) is 6.54 Å². The zero-order chi connectivity index (χ0) is 11.6. The van der Waals surface area contributed by atoms with Gasteiger partial charge in [0.2, 0.25) is 5.91 Å². The minimum absolute atomic E-state index is 0.112. The van der Waals surface area contributed by atoms with Crippen LogP contribution in [0.15, 0.2) is 0 Å². The van der Waals surface area contributed by atoms with Crippen molar-refractivity contribution in [2.75, 3.05) is 39.3 Å². The van der Waals surface area contributed by atoms with Crippen LogP contribution >= 0.6 is 0 Å². The normalized spacial score (nSPS) is 17.3. The number of likely N-dealkylation sites (tertiary alicyclic amines) is 1. The van der Waals surface area contributed by atoms with Gasteiger partial charge in [0.25, 0.3) is 0 Å². The molecule has 0 bridgehead atoms. The van der Waals surface area contributed by atoms with E-state index < -0.39 is 0 Å². The van der Waals surface area contributed by atoms with E-state index in [2.05, 4.69) is 22.5 Å². The molecule has 0 aliphatic carbocycles. The molecule has 1 fully saturated rings. The highest BCUT2D eigenvalue weighted by Crippen LogP contribution is 2.06.